The van der Waals surface area contributed by atoms with Gasteiger partial charge in [-0.15, -0.1) is 22.7 Å². The molecule has 0 unspecified atom stereocenters. The summed E-state index contributed by atoms with van der Waals surface area (Å²) in [6.07, 6.45) is 1.64. The number of nitrogens with zero attached hydrogens (tertiary/aromatic N) is 4. The predicted molar refractivity (Wildman–Crippen MR) is 122 cm³/mol. The number of rotatable bonds is 6. The van der Waals surface area contributed by atoms with Crippen molar-refractivity contribution < 1.29 is 8.42 Å². The summed E-state index contributed by atoms with van der Waals surface area (Å²) < 4.78 is 31.8. The van der Waals surface area contributed by atoms with Gasteiger partial charge in [0.05, 0.1) is 38.7 Å². The van der Waals surface area contributed by atoms with Gasteiger partial charge in [-0.25, -0.2) is 32.5 Å². The van der Waals surface area contributed by atoms with E-state index in [0.717, 1.165) is 28.4 Å². The van der Waals surface area contributed by atoms with Crippen LogP contribution in [0.3, 0.4) is 0 Å². The van der Waals surface area contributed by atoms with E-state index in [9.17, 15) is 13.2 Å². The lowest BCUT2D eigenvalue weighted by atomic mass is 10.3. The quantitative estimate of drug-likeness (QED) is 0.462. The lowest BCUT2D eigenvalue weighted by molar-refractivity contribution is 0.558. The van der Waals surface area contributed by atoms with E-state index in [1.54, 1.807) is 45.0 Å². The number of aryl methyl sites for hydroxylation is 2. The van der Waals surface area contributed by atoms with Gasteiger partial charge >= 0.3 is 5.69 Å². The number of fused-ring (bicyclic) bond motifs is 1. The van der Waals surface area contributed by atoms with Crippen molar-refractivity contribution in [2.75, 3.05) is 0 Å². The molecule has 5 rings (SSSR count). The van der Waals surface area contributed by atoms with E-state index in [2.05, 4.69) is 14.7 Å². The number of thiazole rings is 2. The monoisotopic (exact) mass is 475 g/mol. The van der Waals surface area contributed by atoms with Crippen LogP contribution in [0.15, 0.2) is 38.8 Å². The van der Waals surface area contributed by atoms with E-state index in [1.165, 1.54) is 15.9 Å². The lowest BCUT2D eigenvalue weighted by Gasteiger charge is -2.12. The second-order valence-electron chi connectivity index (χ2n) is 8.11. The van der Waals surface area contributed by atoms with Crippen molar-refractivity contribution >= 4 is 43.7 Å². The first-order valence-corrected chi connectivity index (χ1v) is 13.0. The molecular formula is C20H21N5O3S3. The first-order valence-electron chi connectivity index (χ1n) is 9.78. The fourth-order valence-corrected chi connectivity index (χ4v) is 6.56. The first-order chi connectivity index (χ1) is 14.7. The third-order valence-corrected chi connectivity index (χ3v) is 8.81. The molecule has 1 N–H and O–H groups in total. The Balaban J connectivity index is 1.69. The molecule has 0 aliphatic heterocycles. The van der Waals surface area contributed by atoms with Crippen LogP contribution in [0.2, 0.25) is 0 Å². The normalized spacial score (nSPS) is 15.6. The van der Waals surface area contributed by atoms with Crippen LogP contribution in [0.4, 0.5) is 0 Å². The van der Waals surface area contributed by atoms with E-state index >= 15 is 0 Å². The molecule has 0 bridgehead atoms. The Morgan fingerprint density at radius 1 is 1.23 bits per heavy atom. The third-order valence-electron chi connectivity index (χ3n) is 5.54. The SMILES string of the molecule is Cc1nc(C)c(Cn2c(=O)n(-c3cscn3)c3cc(S(=O)(=O)NC4(C)CC4)ccc32)s1. The Morgan fingerprint density at radius 2 is 2.00 bits per heavy atom. The third kappa shape index (κ3) is 3.65. The van der Waals surface area contributed by atoms with E-state index in [4.69, 9.17) is 0 Å². The highest BCUT2D eigenvalue weighted by Crippen LogP contribution is 2.36. The van der Waals surface area contributed by atoms with Crippen LogP contribution in [0.25, 0.3) is 16.9 Å². The summed E-state index contributed by atoms with van der Waals surface area (Å²) in [6.45, 7) is 6.13. The van der Waals surface area contributed by atoms with Crippen LogP contribution >= 0.6 is 22.7 Å². The number of hydrogen-bond donors (Lipinski definition) is 1. The largest absolute Gasteiger partial charge is 0.335 e. The zero-order valence-corrected chi connectivity index (χ0v) is 19.7. The molecule has 1 aliphatic rings. The van der Waals surface area contributed by atoms with Crippen LogP contribution in [0, 0.1) is 13.8 Å². The molecule has 0 atom stereocenters. The molecule has 1 fully saturated rings. The maximum Gasteiger partial charge on any atom is 0.335 e. The summed E-state index contributed by atoms with van der Waals surface area (Å²) in [7, 11) is -3.70. The second kappa shape index (κ2) is 7.09. The minimum atomic E-state index is -3.70. The van der Waals surface area contributed by atoms with Gasteiger partial charge in [0.15, 0.2) is 5.82 Å². The highest BCUT2D eigenvalue weighted by Gasteiger charge is 2.41. The summed E-state index contributed by atoms with van der Waals surface area (Å²) in [5, 5.41) is 2.72. The smallest absolute Gasteiger partial charge is 0.286 e. The number of hydrogen-bond acceptors (Lipinski definition) is 7. The van der Waals surface area contributed by atoms with Gasteiger partial charge < -0.3 is 0 Å². The van der Waals surface area contributed by atoms with E-state index < -0.39 is 10.0 Å². The fraction of sp³-hybridized carbons (Fsp3) is 0.350. The molecule has 0 spiro atoms. The zero-order valence-electron chi connectivity index (χ0n) is 17.2. The summed E-state index contributed by atoms with van der Waals surface area (Å²) in [6, 6.07) is 4.82. The molecule has 0 amide bonds. The zero-order chi connectivity index (χ0) is 22.0. The van der Waals surface area contributed by atoms with Gasteiger partial charge in [-0.3, -0.25) is 4.57 Å². The molecule has 8 nitrogen and oxygen atoms in total. The Kier molecular flexibility index (Phi) is 4.70. The highest BCUT2D eigenvalue weighted by molar-refractivity contribution is 7.89. The maximum absolute atomic E-state index is 13.4. The second-order valence-corrected chi connectivity index (χ2v) is 11.8. The molecule has 11 heteroatoms. The lowest BCUT2D eigenvalue weighted by Crippen LogP contribution is -2.34. The first kappa shape index (κ1) is 20.6. The maximum atomic E-state index is 13.4. The van der Waals surface area contributed by atoms with Crippen LogP contribution in [-0.2, 0) is 16.6 Å². The standard InChI is InChI=1S/C20H21N5O3S3/c1-12-17(30-13(2)22-12)9-24-15-5-4-14(31(27,28)23-20(3)6-7-20)8-16(15)25(19(24)26)18-10-29-11-21-18/h4-5,8,10-11,23H,6-7,9H2,1-3H3. The number of benzene rings is 1. The number of aromatic nitrogens is 4. The molecule has 1 aromatic carbocycles. The van der Waals surface area contributed by atoms with Crippen molar-refractivity contribution in [3.8, 4) is 5.82 Å². The predicted octanol–water partition coefficient (Wildman–Crippen LogP) is 3.20. The number of sulfonamides is 1. The summed E-state index contributed by atoms with van der Waals surface area (Å²) in [5.41, 5.74) is 3.07. The molecule has 3 aromatic heterocycles. The van der Waals surface area contributed by atoms with Gasteiger partial charge in [-0.05, 0) is 51.8 Å². The Hall–Kier alpha value is -2.34. The van der Waals surface area contributed by atoms with Crippen molar-refractivity contribution in [3.05, 3.63) is 55.2 Å². The van der Waals surface area contributed by atoms with Crippen LogP contribution in [0.5, 0.6) is 0 Å². The molecule has 0 radical (unpaired) electrons. The number of nitrogens with one attached hydrogen (secondary N) is 1. The molecular weight excluding hydrogens is 454 g/mol. The summed E-state index contributed by atoms with van der Waals surface area (Å²) in [5.74, 6) is 0.479. The minimum absolute atomic E-state index is 0.138. The van der Waals surface area contributed by atoms with E-state index in [0.29, 0.717) is 23.4 Å². The summed E-state index contributed by atoms with van der Waals surface area (Å²) >= 11 is 2.93. The molecule has 0 saturated heterocycles. The van der Waals surface area contributed by atoms with Crippen molar-refractivity contribution in [2.45, 2.75) is 50.6 Å². The van der Waals surface area contributed by atoms with Gasteiger partial charge in [0, 0.05) is 15.8 Å². The highest BCUT2D eigenvalue weighted by atomic mass is 32.2. The van der Waals surface area contributed by atoms with E-state index in [-0.39, 0.29) is 16.1 Å². The molecule has 1 saturated carbocycles. The molecule has 162 valence electrons. The molecule has 1 aliphatic carbocycles. The minimum Gasteiger partial charge on any atom is -0.286 e. The Labute approximate surface area is 187 Å². The van der Waals surface area contributed by atoms with Gasteiger partial charge in [0.1, 0.15) is 0 Å². The van der Waals surface area contributed by atoms with Crippen molar-refractivity contribution in [1.82, 2.24) is 23.8 Å². The number of imidazole rings is 1. The molecule has 4 aromatic rings. The van der Waals surface area contributed by atoms with Crippen LogP contribution in [-0.4, -0.2) is 33.1 Å². The Morgan fingerprint density at radius 3 is 2.61 bits per heavy atom. The van der Waals surface area contributed by atoms with E-state index in [1.807, 2.05) is 20.8 Å². The van der Waals surface area contributed by atoms with Gasteiger partial charge in [-0.1, -0.05) is 0 Å². The average molecular weight is 476 g/mol. The van der Waals surface area contributed by atoms with Crippen molar-refractivity contribution in [2.24, 2.45) is 0 Å². The Bertz CT molecular complexity index is 1460. The molecule has 31 heavy (non-hydrogen) atoms. The molecule has 3 heterocycles. The summed E-state index contributed by atoms with van der Waals surface area (Å²) in [4.78, 5) is 23.3. The van der Waals surface area contributed by atoms with Gasteiger partial charge in [0.2, 0.25) is 10.0 Å². The van der Waals surface area contributed by atoms with Crippen LogP contribution in [0.1, 0.15) is 35.3 Å². The van der Waals surface area contributed by atoms with Crippen molar-refractivity contribution in [3.63, 3.8) is 0 Å². The van der Waals surface area contributed by atoms with Gasteiger partial charge in [-0.2, -0.15) is 0 Å². The average Bonchev–Trinajstić information content (AvgIpc) is 3.05. The van der Waals surface area contributed by atoms with Crippen molar-refractivity contribution in [1.29, 1.82) is 0 Å². The van der Waals surface area contributed by atoms with Gasteiger partial charge in [0.25, 0.3) is 0 Å². The van der Waals surface area contributed by atoms with Crippen LogP contribution < -0.4 is 10.4 Å². The fourth-order valence-electron chi connectivity index (χ4n) is 3.63. The topological polar surface area (TPSA) is 98.9 Å².